The average Bonchev–Trinajstić information content (AvgIpc) is 2.67. The number of carbonyl (C=O) groups excluding carboxylic acids is 1. The maximum Gasteiger partial charge on any atom is 0.339 e. The summed E-state index contributed by atoms with van der Waals surface area (Å²) in [6, 6.07) is 1.42. The molecule has 1 amide bonds. The zero-order chi connectivity index (χ0) is 14.9. The van der Waals surface area contributed by atoms with E-state index in [4.69, 9.17) is 10.2 Å². The van der Waals surface area contributed by atoms with Crippen LogP contribution < -0.4 is 10.0 Å². The van der Waals surface area contributed by atoms with E-state index < -0.39 is 21.9 Å². The Bertz CT molecular complexity index is 658. The van der Waals surface area contributed by atoms with Crippen molar-refractivity contribution in [2.45, 2.75) is 6.42 Å². The van der Waals surface area contributed by atoms with Crippen molar-refractivity contribution in [3.8, 4) is 0 Å². The maximum absolute atomic E-state index is 11.9. The van der Waals surface area contributed by atoms with Crippen LogP contribution in [0.5, 0.6) is 0 Å². The van der Waals surface area contributed by atoms with E-state index in [0.29, 0.717) is 0 Å². The highest BCUT2D eigenvalue weighted by molar-refractivity contribution is 7.89. The minimum atomic E-state index is -3.67. The van der Waals surface area contributed by atoms with Crippen molar-refractivity contribution in [2.75, 3.05) is 17.2 Å². The number of aromatic carboxylic acids is 1. The number of hydrogen-bond donors (Lipinski definition) is 2. The fourth-order valence-electron chi connectivity index (χ4n) is 2.24. The van der Waals surface area contributed by atoms with E-state index in [1.54, 1.807) is 0 Å². The lowest BCUT2D eigenvalue weighted by Crippen LogP contribution is -2.28. The zero-order valence-electron chi connectivity index (χ0n) is 10.4. The second-order valence-electron chi connectivity index (χ2n) is 4.60. The van der Waals surface area contributed by atoms with E-state index >= 15 is 0 Å². The molecule has 8 nitrogen and oxygen atoms in total. The molecule has 0 radical (unpaired) electrons. The van der Waals surface area contributed by atoms with Gasteiger partial charge in [0.05, 0.1) is 11.4 Å². The van der Waals surface area contributed by atoms with E-state index in [-0.39, 0.29) is 35.9 Å². The highest BCUT2D eigenvalue weighted by atomic mass is 32.2. The molecule has 1 aliphatic rings. The normalized spacial score (nSPS) is 19.4. The smallest absolute Gasteiger partial charge is 0.339 e. The van der Waals surface area contributed by atoms with Crippen molar-refractivity contribution >= 4 is 27.6 Å². The quantitative estimate of drug-likeness (QED) is 0.765. The summed E-state index contributed by atoms with van der Waals surface area (Å²) in [6.07, 6.45) is 2.55. The molecule has 9 heteroatoms. The summed E-state index contributed by atoms with van der Waals surface area (Å²) >= 11 is 0. The summed E-state index contributed by atoms with van der Waals surface area (Å²) in [4.78, 5) is 28.0. The molecule has 0 aliphatic carbocycles. The van der Waals surface area contributed by atoms with Crippen LogP contribution in [0.2, 0.25) is 0 Å². The van der Waals surface area contributed by atoms with Gasteiger partial charge in [0.25, 0.3) is 0 Å². The molecule has 108 valence electrons. The molecule has 1 aliphatic heterocycles. The Morgan fingerprint density at radius 3 is 2.85 bits per heavy atom. The topological polar surface area (TPSA) is 131 Å². The van der Waals surface area contributed by atoms with Crippen molar-refractivity contribution < 1.29 is 23.1 Å². The molecule has 0 spiro atoms. The van der Waals surface area contributed by atoms with Crippen molar-refractivity contribution in [2.24, 2.45) is 11.1 Å². The molecule has 0 saturated carbocycles. The number of nitrogens with zero attached hydrogens (tertiary/aromatic N) is 2. The van der Waals surface area contributed by atoms with Crippen molar-refractivity contribution in [1.29, 1.82) is 0 Å². The summed E-state index contributed by atoms with van der Waals surface area (Å²) in [7, 11) is -3.67. The maximum atomic E-state index is 11.9. The first-order chi connectivity index (χ1) is 9.28. The van der Waals surface area contributed by atoms with Crippen LogP contribution in [0.15, 0.2) is 18.5 Å². The summed E-state index contributed by atoms with van der Waals surface area (Å²) in [6.45, 7) is 0.125. The Balaban J connectivity index is 2.27. The van der Waals surface area contributed by atoms with E-state index in [1.807, 2.05) is 0 Å². The molecule has 2 rings (SSSR count). The van der Waals surface area contributed by atoms with Gasteiger partial charge in [0.1, 0.15) is 5.56 Å². The summed E-state index contributed by atoms with van der Waals surface area (Å²) in [5, 5.41) is 14.0. The van der Waals surface area contributed by atoms with Crippen molar-refractivity contribution in [3.05, 3.63) is 24.0 Å². The number of pyridine rings is 1. The summed E-state index contributed by atoms with van der Waals surface area (Å²) in [5.41, 5.74) is 0.117. The number of carboxylic acid groups (broad SMARTS) is 1. The van der Waals surface area contributed by atoms with Gasteiger partial charge in [-0.05, 0) is 6.07 Å². The Morgan fingerprint density at radius 2 is 2.25 bits per heavy atom. The molecule has 0 bridgehead atoms. The predicted molar refractivity (Wildman–Crippen MR) is 69.6 cm³/mol. The van der Waals surface area contributed by atoms with E-state index in [2.05, 4.69) is 4.98 Å². The molecule has 1 aromatic rings. The van der Waals surface area contributed by atoms with Crippen LogP contribution in [0.3, 0.4) is 0 Å². The van der Waals surface area contributed by atoms with Crippen LogP contribution in [0.1, 0.15) is 16.8 Å². The largest absolute Gasteiger partial charge is 0.478 e. The van der Waals surface area contributed by atoms with Crippen LogP contribution >= 0.6 is 0 Å². The monoisotopic (exact) mass is 299 g/mol. The SMILES string of the molecule is NS(=O)(=O)CC1CC(=O)N(c2ccncc2C(=O)O)C1. The third-order valence-electron chi connectivity index (χ3n) is 2.99. The molecular formula is C11H13N3O5S. The van der Waals surface area contributed by atoms with Gasteiger partial charge in [-0.1, -0.05) is 0 Å². The standard InChI is InChI=1S/C11H13N3O5S/c12-20(18,19)6-7-3-10(15)14(5-7)9-1-2-13-4-8(9)11(16)17/h1-2,4,7H,3,5-6H2,(H,16,17)(H2,12,18,19). The molecule has 1 atom stereocenters. The minimum absolute atomic E-state index is 0.0256. The minimum Gasteiger partial charge on any atom is -0.478 e. The number of amides is 1. The Morgan fingerprint density at radius 1 is 1.55 bits per heavy atom. The van der Waals surface area contributed by atoms with Crippen molar-refractivity contribution in [1.82, 2.24) is 4.98 Å². The van der Waals surface area contributed by atoms with Gasteiger partial charge >= 0.3 is 5.97 Å². The third-order valence-corrected chi connectivity index (χ3v) is 3.93. The molecule has 20 heavy (non-hydrogen) atoms. The van der Waals surface area contributed by atoms with Gasteiger partial charge < -0.3 is 10.0 Å². The Labute approximate surface area is 115 Å². The van der Waals surface area contributed by atoms with Crippen LogP contribution in [0.25, 0.3) is 0 Å². The van der Waals surface area contributed by atoms with Gasteiger partial charge in [-0.15, -0.1) is 0 Å². The number of carboxylic acids is 1. The van der Waals surface area contributed by atoms with Crippen LogP contribution in [0.4, 0.5) is 5.69 Å². The van der Waals surface area contributed by atoms with Gasteiger partial charge in [0.15, 0.2) is 0 Å². The predicted octanol–water partition coefficient (Wildman–Crippen LogP) is -0.579. The second kappa shape index (κ2) is 5.17. The number of anilines is 1. The van der Waals surface area contributed by atoms with Crippen LogP contribution in [-0.4, -0.2) is 42.7 Å². The number of nitrogens with two attached hydrogens (primary N) is 1. The first-order valence-electron chi connectivity index (χ1n) is 5.76. The lowest BCUT2D eigenvalue weighted by atomic mass is 10.1. The van der Waals surface area contributed by atoms with E-state index in [9.17, 15) is 18.0 Å². The highest BCUT2D eigenvalue weighted by Crippen LogP contribution is 2.28. The molecule has 1 saturated heterocycles. The second-order valence-corrected chi connectivity index (χ2v) is 6.26. The van der Waals surface area contributed by atoms with E-state index in [0.717, 1.165) is 6.20 Å². The van der Waals surface area contributed by atoms with Gasteiger partial charge in [0.2, 0.25) is 15.9 Å². The number of carbonyl (C=O) groups is 2. The molecule has 2 heterocycles. The molecule has 0 aromatic carbocycles. The Hall–Kier alpha value is -2.00. The van der Waals surface area contributed by atoms with Gasteiger partial charge in [-0.2, -0.15) is 0 Å². The summed E-state index contributed by atoms with van der Waals surface area (Å²) < 4.78 is 22.1. The molecule has 1 aromatic heterocycles. The van der Waals surface area contributed by atoms with Crippen LogP contribution in [-0.2, 0) is 14.8 Å². The first kappa shape index (κ1) is 14.4. The Kier molecular flexibility index (Phi) is 3.73. The number of hydrogen-bond acceptors (Lipinski definition) is 5. The molecule has 3 N–H and O–H groups in total. The van der Waals surface area contributed by atoms with Gasteiger partial charge in [-0.25, -0.2) is 18.4 Å². The van der Waals surface area contributed by atoms with E-state index in [1.165, 1.54) is 17.2 Å². The lowest BCUT2D eigenvalue weighted by molar-refractivity contribution is -0.117. The lowest BCUT2D eigenvalue weighted by Gasteiger charge is -2.18. The van der Waals surface area contributed by atoms with Gasteiger partial charge in [-0.3, -0.25) is 9.78 Å². The number of sulfonamides is 1. The van der Waals surface area contributed by atoms with Gasteiger partial charge in [0, 0.05) is 31.3 Å². The number of primary sulfonamides is 1. The van der Waals surface area contributed by atoms with Crippen LogP contribution in [0, 0.1) is 5.92 Å². The molecule has 1 unspecified atom stereocenters. The summed E-state index contributed by atoms with van der Waals surface area (Å²) in [5.74, 6) is -2.27. The third kappa shape index (κ3) is 3.11. The number of rotatable bonds is 4. The average molecular weight is 299 g/mol. The highest BCUT2D eigenvalue weighted by Gasteiger charge is 2.34. The number of aromatic nitrogens is 1. The molecular weight excluding hydrogens is 286 g/mol. The first-order valence-corrected chi connectivity index (χ1v) is 7.47. The fourth-order valence-corrected chi connectivity index (χ4v) is 3.12. The zero-order valence-corrected chi connectivity index (χ0v) is 11.2. The van der Waals surface area contributed by atoms with Crippen molar-refractivity contribution in [3.63, 3.8) is 0 Å². The fraction of sp³-hybridized carbons (Fsp3) is 0.364. The molecule has 1 fully saturated rings.